The summed E-state index contributed by atoms with van der Waals surface area (Å²) in [5.41, 5.74) is 6.34. The first kappa shape index (κ1) is 27.4. The molecule has 1 unspecified atom stereocenters. The van der Waals surface area contributed by atoms with Gasteiger partial charge in [0.25, 0.3) is 0 Å². The van der Waals surface area contributed by atoms with Gasteiger partial charge in [-0.3, -0.25) is 9.59 Å². The third-order valence-electron chi connectivity index (χ3n) is 7.29. The Balaban J connectivity index is 1.56. The van der Waals surface area contributed by atoms with Crippen molar-refractivity contribution in [3.63, 3.8) is 0 Å². The quantitative estimate of drug-likeness (QED) is 0.481. The van der Waals surface area contributed by atoms with Crippen molar-refractivity contribution in [3.05, 3.63) is 35.1 Å². The smallest absolute Gasteiger partial charge is 0.237 e. The molecule has 7 nitrogen and oxygen atoms in total. The van der Waals surface area contributed by atoms with Gasteiger partial charge in [0.05, 0.1) is 5.75 Å². The molecule has 0 saturated carbocycles. The van der Waals surface area contributed by atoms with Gasteiger partial charge in [0.1, 0.15) is 11.6 Å². The van der Waals surface area contributed by atoms with Crippen LogP contribution in [0.25, 0.3) is 0 Å². The molecule has 1 aromatic rings. The SMILES string of the molecule is CCN(CC)C(=O)CS(=O)(=O)CCC(=O)N1[C@@H]2CC[C@H]1CC([C@H](N)Cc1cc(F)c(F)cc1F)C2. The van der Waals surface area contributed by atoms with E-state index in [1.165, 1.54) is 4.90 Å². The first-order chi connectivity index (χ1) is 16.5. The third-order valence-corrected chi connectivity index (χ3v) is 8.81. The van der Waals surface area contributed by atoms with Crippen molar-refractivity contribution in [2.75, 3.05) is 24.6 Å². The lowest BCUT2D eigenvalue weighted by Gasteiger charge is -2.41. The number of sulfone groups is 1. The standard InChI is InChI=1S/C24H34F3N3O4S/c1-3-29(4-2)24(32)14-35(33,34)8-7-23(31)30-17-5-6-18(30)10-16(9-17)22(28)12-15-11-20(26)21(27)13-19(15)25/h11,13,16-18,22H,3-10,12,14,28H2,1-2H3/t16?,17-,18+,22-/m1/s1. The highest BCUT2D eigenvalue weighted by Gasteiger charge is 2.44. The van der Waals surface area contributed by atoms with Gasteiger partial charge in [-0.05, 0) is 63.5 Å². The van der Waals surface area contributed by atoms with Crippen LogP contribution in [0.2, 0.25) is 0 Å². The topological polar surface area (TPSA) is 101 Å². The van der Waals surface area contributed by atoms with Crippen LogP contribution < -0.4 is 5.73 Å². The van der Waals surface area contributed by atoms with Crippen LogP contribution in [0.15, 0.2) is 12.1 Å². The fraction of sp³-hybridized carbons (Fsp3) is 0.667. The van der Waals surface area contributed by atoms with E-state index in [0.29, 0.717) is 32.0 Å². The Hall–Kier alpha value is -2.14. The van der Waals surface area contributed by atoms with Gasteiger partial charge in [-0.2, -0.15) is 0 Å². The highest BCUT2D eigenvalue weighted by Crippen LogP contribution is 2.40. The molecule has 4 atom stereocenters. The van der Waals surface area contributed by atoms with Crippen molar-refractivity contribution in [2.24, 2.45) is 11.7 Å². The van der Waals surface area contributed by atoms with Gasteiger partial charge in [0.2, 0.25) is 11.8 Å². The number of amides is 2. The largest absolute Gasteiger partial charge is 0.342 e. The number of nitrogens with two attached hydrogens (primary N) is 1. The minimum atomic E-state index is -3.72. The molecular formula is C24H34F3N3O4S. The van der Waals surface area contributed by atoms with Gasteiger partial charge in [0.15, 0.2) is 21.5 Å². The van der Waals surface area contributed by atoms with Crippen molar-refractivity contribution in [1.29, 1.82) is 0 Å². The van der Waals surface area contributed by atoms with E-state index in [9.17, 15) is 31.2 Å². The second-order valence-corrected chi connectivity index (χ2v) is 11.7. The summed E-state index contributed by atoms with van der Waals surface area (Å²) in [7, 11) is -3.72. The number of benzene rings is 1. The number of nitrogens with zero attached hydrogens (tertiary/aromatic N) is 2. The average Bonchev–Trinajstić information content (AvgIpc) is 3.05. The van der Waals surface area contributed by atoms with E-state index < -0.39 is 45.0 Å². The van der Waals surface area contributed by atoms with Crippen molar-refractivity contribution < 1.29 is 31.2 Å². The van der Waals surface area contributed by atoms with Crippen LogP contribution in [0.1, 0.15) is 51.5 Å². The number of halogens is 3. The van der Waals surface area contributed by atoms with Gasteiger partial charge in [0, 0.05) is 43.7 Å². The number of rotatable bonds is 10. The molecule has 0 aliphatic carbocycles. The fourth-order valence-corrected chi connectivity index (χ4v) is 6.61. The first-order valence-electron chi connectivity index (χ1n) is 12.1. The van der Waals surface area contributed by atoms with E-state index in [4.69, 9.17) is 5.73 Å². The number of hydrogen-bond acceptors (Lipinski definition) is 5. The summed E-state index contributed by atoms with van der Waals surface area (Å²) in [6, 6.07) is 0.690. The highest BCUT2D eigenvalue weighted by atomic mass is 32.2. The van der Waals surface area contributed by atoms with E-state index in [2.05, 4.69) is 0 Å². The van der Waals surface area contributed by atoms with Crippen LogP contribution in [-0.2, 0) is 25.8 Å². The first-order valence-corrected chi connectivity index (χ1v) is 14.0. The lowest BCUT2D eigenvalue weighted by Crippen LogP contribution is -2.50. The maximum atomic E-state index is 14.0. The molecular weight excluding hydrogens is 483 g/mol. The Morgan fingerprint density at radius 2 is 1.63 bits per heavy atom. The minimum absolute atomic E-state index is 0.0201. The van der Waals surface area contributed by atoms with Gasteiger partial charge < -0.3 is 15.5 Å². The Labute approximate surface area is 204 Å². The van der Waals surface area contributed by atoms with Crippen LogP contribution in [0, 0.1) is 23.4 Å². The van der Waals surface area contributed by atoms with Gasteiger partial charge >= 0.3 is 0 Å². The number of carbonyl (C=O) groups excluding carboxylic acids is 2. The van der Waals surface area contributed by atoms with E-state index in [0.717, 1.165) is 18.9 Å². The predicted molar refractivity (Wildman–Crippen MR) is 126 cm³/mol. The maximum Gasteiger partial charge on any atom is 0.237 e. The van der Waals surface area contributed by atoms with Crippen LogP contribution >= 0.6 is 0 Å². The lowest BCUT2D eigenvalue weighted by atomic mass is 9.82. The second kappa shape index (κ2) is 11.3. The summed E-state index contributed by atoms with van der Waals surface area (Å²) in [5, 5.41) is 0. The number of fused-ring (bicyclic) bond motifs is 2. The zero-order valence-electron chi connectivity index (χ0n) is 20.2. The van der Waals surface area contributed by atoms with E-state index in [1.54, 1.807) is 18.7 Å². The molecule has 1 aromatic carbocycles. The summed E-state index contributed by atoms with van der Waals surface area (Å²) in [6.45, 7) is 4.40. The molecule has 3 rings (SSSR count). The van der Waals surface area contributed by atoms with Crippen molar-refractivity contribution in [1.82, 2.24) is 9.80 Å². The molecule has 2 aliphatic heterocycles. The predicted octanol–water partition coefficient (Wildman–Crippen LogP) is 2.42. The Morgan fingerprint density at radius 1 is 1.06 bits per heavy atom. The Morgan fingerprint density at radius 3 is 2.20 bits per heavy atom. The summed E-state index contributed by atoms with van der Waals surface area (Å²) < 4.78 is 65.6. The minimum Gasteiger partial charge on any atom is -0.342 e. The zero-order chi connectivity index (χ0) is 25.9. The molecule has 196 valence electrons. The molecule has 2 amide bonds. The Bertz CT molecular complexity index is 1030. The van der Waals surface area contributed by atoms with Gasteiger partial charge in [-0.15, -0.1) is 0 Å². The van der Waals surface area contributed by atoms with Crippen molar-refractivity contribution in [2.45, 2.75) is 70.5 Å². The monoisotopic (exact) mass is 517 g/mol. The summed E-state index contributed by atoms with van der Waals surface area (Å²) in [6.07, 6.45) is 2.58. The molecule has 2 fully saturated rings. The molecule has 0 radical (unpaired) electrons. The molecule has 2 saturated heterocycles. The summed E-state index contributed by atoms with van der Waals surface area (Å²) in [5.74, 6) is -4.94. The second-order valence-electron chi connectivity index (χ2n) is 9.55. The summed E-state index contributed by atoms with van der Waals surface area (Å²) in [4.78, 5) is 28.3. The van der Waals surface area contributed by atoms with Gasteiger partial charge in [-0.1, -0.05) is 0 Å². The average molecular weight is 518 g/mol. The molecule has 2 bridgehead atoms. The molecule has 35 heavy (non-hydrogen) atoms. The zero-order valence-corrected chi connectivity index (χ0v) is 21.0. The van der Waals surface area contributed by atoms with Crippen LogP contribution in [-0.4, -0.2) is 72.8 Å². The van der Waals surface area contributed by atoms with Gasteiger partial charge in [-0.25, -0.2) is 21.6 Å². The molecule has 0 aromatic heterocycles. The Kier molecular flexibility index (Phi) is 8.85. The molecule has 11 heteroatoms. The van der Waals surface area contributed by atoms with Crippen LogP contribution in [0.3, 0.4) is 0 Å². The van der Waals surface area contributed by atoms with E-state index >= 15 is 0 Å². The number of piperidine rings is 1. The summed E-state index contributed by atoms with van der Waals surface area (Å²) >= 11 is 0. The van der Waals surface area contributed by atoms with E-state index in [-0.39, 0.29) is 48.1 Å². The number of carbonyl (C=O) groups is 2. The van der Waals surface area contributed by atoms with Crippen LogP contribution in [0.5, 0.6) is 0 Å². The molecule has 2 aliphatic rings. The highest BCUT2D eigenvalue weighted by molar-refractivity contribution is 7.92. The third kappa shape index (κ3) is 6.55. The maximum absolute atomic E-state index is 14.0. The van der Waals surface area contributed by atoms with E-state index in [1.807, 2.05) is 0 Å². The van der Waals surface area contributed by atoms with Crippen molar-refractivity contribution >= 4 is 21.7 Å². The van der Waals surface area contributed by atoms with Crippen LogP contribution in [0.4, 0.5) is 13.2 Å². The number of hydrogen-bond donors (Lipinski definition) is 1. The molecule has 2 heterocycles. The molecule has 0 spiro atoms. The normalized spacial score (nSPS) is 22.8. The molecule has 2 N–H and O–H groups in total. The van der Waals surface area contributed by atoms with Crippen molar-refractivity contribution in [3.8, 4) is 0 Å². The lowest BCUT2D eigenvalue weighted by molar-refractivity contribution is -0.136. The fourth-order valence-electron chi connectivity index (χ4n) is 5.42.